The van der Waals surface area contributed by atoms with Crippen molar-refractivity contribution in [2.45, 2.75) is 39.2 Å². The topological polar surface area (TPSA) is 39.7 Å². The Balaban J connectivity index is 0.00000324. The summed E-state index contributed by atoms with van der Waals surface area (Å²) < 4.78 is 0. The molecule has 110 valence electrons. The number of nitrogens with one attached hydrogen (secondary N) is 2. The summed E-state index contributed by atoms with van der Waals surface area (Å²) in [6, 6.07) is 0.588. The van der Waals surface area contributed by atoms with Crippen LogP contribution in [-0.4, -0.2) is 49.6 Å². The van der Waals surface area contributed by atoms with E-state index in [4.69, 9.17) is 6.42 Å². The quantitative estimate of drug-likeness (QED) is 0.331. The van der Waals surface area contributed by atoms with Crippen LogP contribution in [0.2, 0.25) is 0 Å². The monoisotopic (exact) mass is 378 g/mol. The molecule has 1 rings (SSSR count). The van der Waals surface area contributed by atoms with Gasteiger partial charge in [-0.05, 0) is 32.9 Å². The van der Waals surface area contributed by atoms with Gasteiger partial charge in [0.05, 0.1) is 13.1 Å². The molecule has 0 bridgehead atoms. The van der Waals surface area contributed by atoms with Crippen LogP contribution in [-0.2, 0) is 0 Å². The molecular weight excluding hydrogens is 351 g/mol. The lowest BCUT2D eigenvalue weighted by atomic mass is 10.0. The minimum absolute atomic E-state index is 0. The fourth-order valence-electron chi connectivity index (χ4n) is 2.36. The SMILES string of the molecule is C#CCNC(=NCC1CCCCN1CC)NCC.I. The van der Waals surface area contributed by atoms with Gasteiger partial charge in [0.25, 0.3) is 0 Å². The highest BCUT2D eigenvalue weighted by Gasteiger charge is 2.20. The normalized spacial score (nSPS) is 20.3. The van der Waals surface area contributed by atoms with E-state index in [1.807, 2.05) is 0 Å². The lowest BCUT2D eigenvalue weighted by molar-refractivity contribution is 0.161. The number of hydrogen-bond donors (Lipinski definition) is 2. The number of hydrogen-bond acceptors (Lipinski definition) is 2. The zero-order chi connectivity index (χ0) is 13.2. The van der Waals surface area contributed by atoms with Crippen molar-refractivity contribution in [2.75, 3.05) is 32.7 Å². The maximum atomic E-state index is 5.25. The van der Waals surface area contributed by atoms with Gasteiger partial charge >= 0.3 is 0 Å². The molecule has 1 aliphatic rings. The van der Waals surface area contributed by atoms with Crippen LogP contribution >= 0.6 is 24.0 Å². The van der Waals surface area contributed by atoms with Gasteiger partial charge in [-0.1, -0.05) is 19.3 Å². The Morgan fingerprint density at radius 1 is 1.37 bits per heavy atom. The van der Waals surface area contributed by atoms with E-state index in [9.17, 15) is 0 Å². The van der Waals surface area contributed by atoms with Crippen molar-refractivity contribution in [3.05, 3.63) is 0 Å². The van der Waals surface area contributed by atoms with Crippen LogP contribution in [0.3, 0.4) is 0 Å². The van der Waals surface area contributed by atoms with Crippen molar-refractivity contribution >= 4 is 29.9 Å². The predicted octanol–water partition coefficient (Wildman–Crippen LogP) is 1.67. The fourth-order valence-corrected chi connectivity index (χ4v) is 2.36. The largest absolute Gasteiger partial charge is 0.357 e. The van der Waals surface area contributed by atoms with Crippen molar-refractivity contribution in [3.8, 4) is 12.3 Å². The van der Waals surface area contributed by atoms with Crippen LogP contribution in [0, 0.1) is 12.3 Å². The van der Waals surface area contributed by atoms with Crippen LogP contribution in [0.25, 0.3) is 0 Å². The van der Waals surface area contributed by atoms with Gasteiger partial charge in [-0.15, -0.1) is 30.4 Å². The number of halogens is 1. The molecule has 1 fully saturated rings. The molecule has 2 N–H and O–H groups in total. The number of guanidine groups is 1. The Kier molecular flexibility index (Phi) is 11.1. The third-order valence-electron chi connectivity index (χ3n) is 3.32. The highest BCUT2D eigenvalue weighted by molar-refractivity contribution is 14.0. The summed E-state index contributed by atoms with van der Waals surface area (Å²) in [7, 11) is 0. The highest BCUT2D eigenvalue weighted by atomic mass is 127. The number of likely N-dealkylation sites (N-methyl/N-ethyl adjacent to an activating group) is 1. The Hall–Kier alpha value is -0.480. The third kappa shape index (κ3) is 7.02. The molecule has 0 radical (unpaired) electrons. The minimum Gasteiger partial charge on any atom is -0.357 e. The predicted molar refractivity (Wildman–Crippen MR) is 93.1 cm³/mol. The fraction of sp³-hybridized carbons (Fsp3) is 0.786. The van der Waals surface area contributed by atoms with E-state index in [1.165, 1.54) is 25.8 Å². The number of likely N-dealkylation sites (tertiary alicyclic amines) is 1. The maximum absolute atomic E-state index is 5.25. The lowest BCUT2D eigenvalue weighted by Crippen LogP contribution is -2.43. The van der Waals surface area contributed by atoms with Crippen LogP contribution in [0.1, 0.15) is 33.1 Å². The summed E-state index contributed by atoms with van der Waals surface area (Å²) in [5.74, 6) is 3.40. The van der Waals surface area contributed by atoms with Crippen molar-refractivity contribution in [1.29, 1.82) is 0 Å². The van der Waals surface area contributed by atoms with Gasteiger partial charge in [-0.25, -0.2) is 0 Å². The van der Waals surface area contributed by atoms with E-state index in [0.29, 0.717) is 12.6 Å². The molecule has 1 heterocycles. The van der Waals surface area contributed by atoms with E-state index in [-0.39, 0.29) is 24.0 Å². The Morgan fingerprint density at radius 3 is 2.79 bits per heavy atom. The van der Waals surface area contributed by atoms with Crippen molar-refractivity contribution in [2.24, 2.45) is 4.99 Å². The van der Waals surface area contributed by atoms with E-state index >= 15 is 0 Å². The second-order valence-electron chi connectivity index (χ2n) is 4.56. The van der Waals surface area contributed by atoms with Crippen molar-refractivity contribution < 1.29 is 0 Å². The van der Waals surface area contributed by atoms with E-state index < -0.39 is 0 Å². The average molecular weight is 378 g/mol. The zero-order valence-electron chi connectivity index (χ0n) is 12.1. The molecule has 19 heavy (non-hydrogen) atoms. The standard InChI is InChI=1S/C14H26N4.HI/c1-4-10-16-14(15-5-2)17-12-13-9-7-8-11-18(13)6-3;/h1,13H,5-12H2,2-3H3,(H2,15,16,17);1H. The third-order valence-corrected chi connectivity index (χ3v) is 3.32. The summed E-state index contributed by atoms with van der Waals surface area (Å²) in [4.78, 5) is 7.16. The lowest BCUT2D eigenvalue weighted by Gasteiger charge is -2.33. The summed E-state index contributed by atoms with van der Waals surface area (Å²) in [5.41, 5.74) is 0. The number of terminal acetylenes is 1. The van der Waals surface area contributed by atoms with Gasteiger partial charge < -0.3 is 10.6 Å². The molecule has 1 aliphatic heterocycles. The first-order valence-electron chi connectivity index (χ1n) is 7.01. The van der Waals surface area contributed by atoms with Crippen LogP contribution < -0.4 is 10.6 Å². The average Bonchev–Trinajstić information content (AvgIpc) is 2.42. The van der Waals surface area contributed by atoms with E-state index in [1.54, 1.807) is 0 Å². The maximum Gasteiger partial charge on any atom is 0.192 e. The van der Waals surface area contributed by atoms with Crippen molar-refractivity contribution in [3.63, 3.8) is 0 Å². The molecule has 0 aromatic heterocycles. The van der Waals surface area contributed by atoms with Gasteiger partial charge in [-0.2, -0.15) is 0 Å². The molecule has 0 amide bonds. The van der Waals surface area contributed by atoms with Gasteiger partial charge in [0, 0.05) is 12.6 Å². The number of piperidine rings is 1. The Morgan fingerprint density at radius 2 is 2.16 bits per heavy atom. The smallest absolute Gasteiger partial charge is 0.192 e. The van der Waals surface area contributed by atoms with Gasteiger partial charge in [0.15, 0.2) is 5.96 Å². The molecule has 1 unspecified atom stereocenters. The van der Waals surface area contributed by atoms with Gasteiger partial charge in [0.2, 0.25) is 0 Å². The summed E-state index contributed by atoms with van der Waals surface area (Å²) in [6.07, 6.45) is 9.16. The van der Waals surface area contributed by atoms with Crippen LogP contribution in [0.5, 0.6) is 0 Å². The Bertz CT molecular complexity index is 298. The van der Waals surface area contributed by atoms with Crippen molar-refractivity contribution in [1.82, 2.24) is 15.5 Å². The molecule has 0 aliphatic carbocycles. The molecule has 4 nitrogen and oxygen atoms in total. The first-order valence-corrected chi connectivity index (χ1v) is 7.01. The summed E-state index contributed by atoms with van der Waals surface area (Å²) in [5, 5.41) is 6.34. The van der Waals surface area contributed by atoms with Crippen LogP contribution in [0.15, 0.2) is 4.99 Å². The number of aliphatic imine (C=N–C) groups is 1. The van der Waals surface area contributed by atoms with Crippen LogP contribution in [0.4, 0.5) is 0 Å². The summed E-state index contributed by atoms with van der Waals surface area (Å²) in [6.45, 7) is 8.86. The highest BCUT2D eigenvalue weighted by Crippen LogP contribution is 2.16. The second-order valence-corrected chi connectivity index (χ2v) is 4.56. The molecule has 0 aromatic rings. The first-order chi connectivity index (χ1) is 8.81. The minimum atomic E-state index is 0. The number of nitrogens with zero attached hydrogens (tertiary/aromatic N) is 2. The zero-order valence-corrected chi connectivity index (χ0v) is 14.4. The molecule has 0 spiro atoms. The molecule has 5 heteroatoms. The van der Waals surface area contributed by atoms with E-state index in [0.717, 1.165) is 25.6 Å². The molecule has 0 saturated carbocycles. The second kappa shape index (κ2) is 11.4. The van der Waals surface area contributed by atoms with E-state index in [2.05, 4.69) is 40.3 Å². The van der Waals surface area contributed by atoms with Gasteiger partial charge in [0.1, 0.15) is 0 Å². The Labute approximate surface area is 134 Å². The summed E-state index contributed by atoms with van der Waals surface area (Å²) >= 11 is 0. The first kappa shape index (κ1) is 18.5. The molecule has 1 atom stereocenters. The molecule has 1 saturated heterocycles. The molecular formula is C14H27IN4. The number of rotatable bonds is 5. The molecule has 0 aromatic carbocycles. The van der Waals surface area contributed by atoms with Gasteiger partial charge in [-0.3, -0.25) is 9.89 Å².